The number of aromatic amines is 1. The lowest BCUT2D eigenvalue weighted by Crippen LogP contribution is -2.37. The van der Waals surface area contributed by atoms with Crippen LogP contribution in [0.1, 0.15) is 17.5 Å². The van der Waals surface area contributed by atoms with Crippen LogP contribution in [0, 0.1) is 22.7 Å². The standard InChI is InChI=1S/C20H21N5O3/c21-12-15-18(16(13-22)20(26)24-19(15)23)14-4-1-2-5-17(14)28-9-3-6-25-7-10-27-11-8-25/h1-2,4-5H,3,6-11H2,(H3,23,24,26). The Labute approximate surface area is 162 Å². The van der Waals surface area contributed by atoms with Gasteiger partial charge in [0.05, 0.1) is 19.8 Å². The van der Waals surface area contributed by atoms with Gasteiger partial charge in [-0.05, 0) is 12.5 Å². The predicted octanol–water partition coefficient (Wildman–Crippen LogP) is 1.47. The van der Waals surface area contributed by atoms with Gasteiger partial charge in [-0.15, -0.1) is 0 Å². The highest BCUT2D eigenvalue weighted by atomic mass is 16.5. The maximum absolute atomic E-state index is 12.2. The van der Waals surface area contributed by atoms with Gasteiger partial charge in [-0.2, -0.15) is 10.5 Å². The monoisotopic (exact) mass is 379 g/mol. The van der Waals surface area contributed by atoms with Crippen LogP contribution in [0.25, 0.3) is 11.1 Å². The number of hydrogen-bond donors (Lipinski definition) is 2. The molecule has 3 N–H and O–H groups in total. The highest BCUT2D eigenvalue weighted by molar-refractivity contribution is 5.83. The fraction of sp³-hybridized carbons (Fsp3) is 0.350. The van der Waals surface area contributed by atoms with Crippen molar-refractivity contribution < 1.29 is 9.47 Å². The van der Waals surface area contributed by atoms with E-state index >= 15 is 0 Å². The molecule has 1 aliphatic heterocycles. The molecule has 0 spiro atoms. The molecule has 1 aliphatic rings. The van der Waals surface area contributed by atoms with Crippen molar-refractivity contribution in [2.75, 3.05) is 45.2 Å². The molecule has 144 valence electrons. The smallest absolute Gasteiger partial charge is 0.268 e. The van der Waals surface area contributed by atoms with Crippen LogP contribution in [0.5, 0.6) is 5.75 Å². The predicted molar refractivity (Wildman–Crippen MR) is 104 cm³/mol. The average Bonchev–Trinajstić information content (AvgIpc) is 2.72. The van der Waals surface area contributed by atoms with Gasteiger partial charge in [0, 0.05) is 30.8 Å². The van der Waals surface area contributed by atoms with Gasteiger partial charge < -0.3 is 20.2 Å². The summed E-state index contributed by atoms with van der Waals surface area (Å²) in [5.41, 5.74) is 5.78. The van der Waals surface area contributed by atoms with E-state index in [4.69, 9.17) is 15.2 Å². The number of nitrogens with one attached hydrogen (secondary N) is 1. The Morgan fingerprint density at radius 2 is 1.89 bits per heavy atom. The molecular formula is C20H21N5O3. The Morgan fingerprint density at radius 1 is 1.18 bits per heavy atom. The topological polar surface area (TPSA) is 128 Å². The second kappa shape index (κ2) is 9.05. The molecule has 0 radical (unpaired) electrons. The molecule has 2 heterocycles. The molecule has 1 fully saturated rings. The van der Waals surface area contributed by atoms with Crippen LogP contribution < -0.4 is 16.0 Å². The van der Waals surface area contributed by atoms with Crippen LogP contribution in [0.3, 0.4) is 0 Å². The summed E-state index contributed by atoms with van der Waals surface area (Å²) in [7, 11) is 0. The lowest BCUT2D eigenvalue weighted by atomic mass is 9.96. The zero-order valence-corrected chi connectivity index (χ0v) is 15.4. The van der Waals surface area contributed by atoms with Crippen LogP contribution in [0.2, 0.25) is 0 Å². The number of nitriles is 2. The number of anilines is 1. The number of rotatable bonds is 6. The van der Waals surface area contributed by atoms with Gasteiger partial charge in [0.2, 0.25) is 0 Å². The van der Waals surface area contributed by atoms with E-state index in [0.29, 0.717) is 17.9 Å². The van der Waals surface area contributed by atoms with Crippen molar-refractivity contribution in [1.82, 2.24) is 9.88 Å². The van der Waals surface area contributed by atoms with Crippen molar-refractivity contribution in [3.8, 4) is 29.0 Å². The van der Waals surface area contributed by atoms with E-state index in [-0.39, 0.29) is 22.5 Å². The molecule has 3 rings (SSSR count). The Balaban J connectivity index is 1.84. The maximum Gasteiger partial charge on any atom is 0.268 e. The van der Waals surface area contributed by atoms with E-state index in [1.54, 1.807) is 24.3 Å². The Bertz CT molecular complexity index is 981. The summed E-state index contributed by atoms with van der Waals surface area (Å²) >= 11 is 0. The normalized spacial score (nSPS) is 14.2. The van der Waals surface area contributed by atoms with Crippen molar-refractivity contribution in [1.29, 1.82) is 10.5 Å². The first-order valence-corrected chi connectivity index (χ1v) is 9.04. The van der Waals surface area contributed by atoms with Gasteiger partial charge >= 0.3 is 0 Å². The van der Waals surface area contributed by atoms with E-state index in [1.807, 2.05) is 12.1 Å². The van der Waals surface area contributed by atoms with Crippen LogP contribution in [-0.4, -0.2) is 49.3 Å². The average molecular weight is 379 g/mol. The molecule has 8 nitrogen and oxygen atoms in total. The third-order valence-corrected chi connectivity index (χ3v) is 4.60. The fourth-order valence-electron chi connectivity index (χ4n) is 3.21. The first kappa shape index (κ1) is 19.4. The Morgan fingerprint density at radius 3 is 2.61 bits per heavy atom. The summed E-state index contributed by atoms with van der Waals surface area (Å²) in [6, 6.07) is 10.9. The number of aromatic nitrogens is 1. The minimum Gasteiger partial charge on any atom is -0.493 e. The third kappa shape index (κ3) is 4.15. The molecule has 0 amide bonds. The van der Waals surface area contributed by atoms with Crippen molar-refractivity contribution >= 4 is 5.82 Å². The Kier molecular flexibility index (Phi) is 6.28. The van der Waals surface area contributed by atoms with Crippen LogP contribution in [0.15, 0.2) is 29.1 Å². The van der Waals surface area contributed by atoms with Crippen LogP contribution in [-0.2, 0) is 4.74 Å². The van der Waals surface area contributed by atoms with E-state index in [0.717, 1.165) is 39.3 Å². The first-order chi connectivity index (χ1) is 13.7. The molecular weight excluding hydrogens is 358 g/mol. The number of para-hydroxylation sites is 1. The zero-order valence-electron chi connectivity index (χ0n) is 15.4. The SMILES string of the molecule is N#Cc1c(N)[nH]c(=O)c(C#N)c1-c1ccccc1OCCCN1CCOCC1. The van der Waals surface area contributed by atoms with Gasteiger partial charge in [-0.25, -0.2) is 0 Å². The zero-order chi connectivity index (χ0) is 19.9. The van der Waals surface area contributed by atoms with Crippen LogP contribution in [0.4, 0.5) is 5.82 Å². The van der Waals surface area contributed by atoms with Crippen LogP contribution >= 0.6 is 0 Å². The summed E-state index contributed by atoms with van der Waals surface area (Å²) in [6.45, 7) is 4.70. The summed E-state index contributed by atoms with van der Waals surface area (Å²) in [6.07, 6.45) is 0.821. The van der Waals surface area contributed by atoms with Gasteiger partial charge in [0.25, 0.3) is 5.56 Å². The largest absolute Gasteiger partial charge is 0.493 e. The number of H-pyrrole nitrogens is 1. The quantitative estimate of drug-likeness (QED) is 0.727. The van der Waals surface area contributed by atoms with Crippen molar-refractivity contribution in [2.24, 2.45) is 0 Å². The highest BCUT2D eigenvalue weighted by Gasteiger charge is 2.21. The molecule has 2 aromatic rings. The number of nitrogens with zero attached hydrogens (tertiary/aromatic N) is 3. The minimum absolute atomic E-state index is 0.0560. The molecule has 1 aromatic heterocycles. The van der Waals surface area contributed by atoms with Gasteiger partial charge in [0.15, 0.2) is 0 Å². The molecule has 0 atom stereocenters. The molecule has 0 saturated carbocycles. The number of benzene rings is 1. The molecule has 8 heteroatoms. The first-order valence-electron chi connectivity index (χ1n) is 9.04. The maximum atomic E-state index is 12.2. The summed E-state index contributed by atoms with van der Waals surface area (Å²) in [5.74, 6) is 0.436. The minimum atomic E-state index is -0.629. The van der Waals surface area contributed by atoms with E-state index in [1.165, 1.54) is 0 Å². The van der Waals surface area contributed by atoms with Gasteiger partial charge in [-0.3, -0.25) is 9.69 Å². The number of hydrogen-bond acceptors (Lipinski definition) is 7. The van der Waals surface area contributed by atoms with Crippen molar-refractivity contribution in [2.45, 2.75) is 6.42 Å². The molecule has 1 saturated heterocycles. The van der Waals surface area contributed by atoms with E-state index in [2.05, 4.69) is 9.88 Å². The summed E-state index contributed by atoms with van der Waals surface area (Å²) < 4.78 is 11.3. The lowest BCUT2D eigenvalue weighted by Gasteiger charge is -2.26. The second-order valence-electron chi connectivity index (χ2n) is 6.37. The molecule has 1 aromatic carbocycles. The van der Waals surface area contributed by atoms with E-state index < -0.39 is 5.56 Å². The van der Waals surface area contributed by atoms with Crippen molar-refractivity contribution in [3.63, 3.8) is 0 Å². The van der Waals surface area contributed by atoms with Gasteiger partial charge in [-0.1, -0.05) is 18.2 Å². The lowest BCUT2D eigenvalue weighted by molar-refractivity contribution is 0.0358. The number of pyridine rings is 1. The molecule has 28 heavy (non-hydrogen) atoms. The molecule has 0 aliphatic carbocycles. The number of nitrogen functional groups attached to an aromatic ring is 1. The Hall–Kier alpha value is -3.33. The third-order valence-electron chi connectivity index (χ3n) is 4.60. The fourth-order valence-corrected chi connectivity index (χ4v) is 3.21. The summed E-state index contributed by atoms with van der Waals surface area (Å²) in [4.78, 5) is 16.8. The van der Waals surface area contributed by atoms with Crippen molar-refractivity contribution in [3.05, 3.63) is 45.7 Å². The number of nitrogens with two attached hydrogens (primary N) is 1. The second-order valence-corrected chi connectivity index (χ2v) is 6.37. The highest BCUT2D eigenvalue weighted by Crippen LogP contribution is 2.35. The van der Waals surface area contributed by atoms with Gasteiger partial charge in [0.1, 0.15) is 34.8 Å². The number of morpholine rings is 1. The number of ether oxygens (including phenoxy) is 2. The molecule has 0 unspecified atom stereocenters. The molecule has 0 bridgehead atoms. The van der Waals surface area contributed by atoms with E-state index in [9.17, 15) is 15.3 Å². The summed E-state index contributed by atoms with van der Waals surface area (Å²) in [5, 5.41) is 18.9.